The summed E-state index contributed by atoms with van der Waals surface area (Å²) in [6.07, 6.45) is 21.5. The zero-order valence-electron chi connectivity index (χ0n) is 26.2. The van der Waals surface area contributed by atoms with Crippen molar-refractivity contribution in [3.63, 3.8) is 0 Å². The molecule has 244 valence electrons. The van der Waals surface area contributed by atoms with Gasteiger partial charge in [0.1, 0.15) is 0 Å². The number of hydrogen-bond donors (Lipinski definition) is 7. The van der Waals surface area contributed by atoms with Crippen LogP contribution < -0.4 is 0 Å². The Hall–Kier alpha value is -1.07. The predicted octanol–water partition coefficient (Wildman–Crippen LogP) is 4.98. The molecule has 9 heteroatoms. The lowest BCUT2D eigenvalue weighted by atomic mass is 10.1. The number of allylic oxidation sites excluding steroid dienone is 2. The number of hydrogen-bond acceptors (Lipinski definition) is 8. The normalized spacial score (nSPS) is 12.8. The molecule has 9 nitrogen and oxygen atoms in total. The minimum atomic E-state index is -0.664. The van der Waals surface area contributed by atoms with Gasteiger partial charge in [-0.3, -0.25) is 4.79 Å². The minimum absolute atomic E-state index is 0.00667. The third-order valence-electron chi connectivity index (χ3n) is 5.36. The lowest BCUT2D eigenvalue weighted by Gasteiger charge is -2.10. The van der Waals surface area contributed by atoms with Crippen LogP contribution in [-0.4, -0.2) is 93.1 Å². The van der Waals surface area contributed by atoms with Crippen LogP contribution in [0, 0.1) is 0 Å². The number of carboxylic acids is 1. The summed E-state index contributed by atoms with van der Waals surface area (Å²) in [7, 11) is 0. The molecule has 0 rings (SSSR count). The molecule has 0 aromatic rings. The first-order valence-corrected chi connectivity index (χ1v) is 15.4. The van der Waals surface area contributed by atoms with Gasteiger partial charge in [-0.25, -0.2) is 0 Å². The van der Waals surface area contributed by atoms with Crippen molar-refractivity contribution in [2.24, 2.45) is 0 Å². The van der Waals surface area contributed by atoms with Crippen LogP contribution in [0.25, 0.3) is 0 Å². The highest BCUT2D eigenvalue weighted by Gasteiger charge is 2.01. The van der Waals surface area contributed by atoms with Crippen LogP contribution in [0.15, 0.2) is 12.2 Å². The molecule has 0 aliphatic rings. The quantitative estimate of drug-likeness (QED) is 0.0649. The molecular weight excluding hydrogens is 516 g/mol. The third-order valence-corrected chi connectivity index (χ3v) is 5.36. The Kier molecular flexibility index (Phi) is 48.7. The largest absolute Gasteiger partial charge is 0.481 e. The molecular formula is C31H66O9. The molecule has 7 N–H and O–H groups in total. The lowest BCUT2D eigenvalue weighted by molar-refractivity contribution is -0.137. The van der Waals surface area contributed by atoms with E-state index in [1.165, 1.54) is 77.6 Å². The van der Waals surface area contributed by atoms with Gasteiger partial charge in [-0.1, -0.05) is 70.4 Å². The second kappa shape index (κ2) is 42.4. The highest BCUT2D eigenvalue weighted by molar-refractivity contribution is 5.66. The molecule has 0 saturated carbocycles. The highest BCUT2D eigenvalue weighted by atomic mass is 16.5. The van der Waals surface area contributed by atoms with E-state index in [-0.39, 0.29) is 32.5 Å². The van der Waals surface area contributed by atoms with E-state index < -0.39 is 18.2 Å². The number of rotatable bonds is 23. The van der Waals surface area contributed by atoms with Crippen LogP contribution in [0.4, 0.5) is 0 Å². The van der Waals surface area contributed by atoms with Crippen LogP contribution >= 0.6 is 0 Å². The highest BCUT2D eigenvalue weighted by Crippen LogP contribution is 2.09. The maximum absolute atomic E-state index is 10.3. The summed E-state index contributed by atoms with van der Waals surface area (Å²) in [4.78, 5) is 10.3. The second-order valence-corrected chi connectivity index (χ2v) is 10.1. The summed E-state index contributed by atoms with van der Waals surface area (Å²) >= 11 is 0. The molecule has 0 heterocycles. The molecule has 0 radical (unpaired) electrons. The van der Waals surface area contributed by atoms with Crippen molar-refractivity contribution in [3.8, 4) is 0 Å². The van der Waals surface area contributed by atoms with Crippen LogP contribution in [0.5, 0.6) is 0 Å². The van der Waals surface area contributed by atoms with Crippen molar-refractivity contribution in [2.45, 2.75) is 149 Å². The summed E-state index contributed by atoms with van der Waals surface area (Å²) < 4.78 is 4.95. The molecule has 0 fully saturated rings. The van der Waals surface area contributed by atoms with Crippen molar-refractivity contribution in [2.75, 3.05) is 33.0 Å². The first kappa shape index (κ1) is 45.9. The fraction of sp³-hybridized carbons (Fsp3) is 0.903. The number of carbonyl (C=O) groups is 1. The van der Waals surface area contributed by atoms with Crippen LogP contribution in [0.2, 0.25) is 0 Å². The molecule has 0 amide bonds. The van der Waals surface area contributed by atoms with Gasteiger partial charge >= 0.3 is 5.97 Å². The van der Waals surface area contributed by atoms with Gasteiger partial charge in [0.25, 0.3) is 0 Å². The Morgan fingerprint density at radius 2 is 1.07 bits per heavy atom. The molecule has 3 atom stereocenters. The van der Waals surface area contributed by atoms with E-state index in [9.17, 15) is 4.79 Å². The fourth-order valence-electron chi connectivity index (χ4n) is 2.93. The summed E-state index contributed by atoms with van der Waals surface area (Å²) in [5.74, 6) is -0.664. The molecule has 0 saturated heterocycles. The Morgan fingerprint density at radius 1 is 0.650 bits per heavy atom. The summed E-state index contributed by atoms with van der Waals surface area (Å²) in [5, 5.41) is 57.8. The maximum atomic E-state index is 10.3. The van der Waals surface area contributed by atoms with E-state index in [4.69, 9.17) is 40.5 Å². The summed E-state index contributed by atoms with van der Waals surface area (Å²) in [5.41, 5.74) is 0. The molecule has 0 aromatic carbocycles. The predicted molar refractivity (Wildman–Crippen MR) is 163 cm³/mol. The van der Waals surface area contributed by atoms with Gasteiger partial charge in [0.15, 0.2) is 0 Å². The van der Waals surface area contributed by atoms with Crippen molar-refractivity contribution < 1.29 is 45.3 Å². The van der Waals surface area contributed by atoms with E-state index in [1.807, 2.05) is 0 Å². The van der Waals surface area contributed by atoms with Crippen LogP contribution in [0.3, 0.4) is 0 Å². The number of carboxylic acid groups (broad SMARTS) is 1. The van der Waals surface area contributed by atoms with Gasteiger partial charge in [0, 0.05) is 19.6 Å². The van der Waals surface area contributed by atoms with Gasteiger partial charge in [-0.15, -0.1) is 0 Å². The number of aliphatic carboxylic acids is 1. The maximum Gasteiger partial charge on any atom is 0.303 e. The van der Waals surface area contributed by atoms with Crippen LogP contribution in [-0.2, 0) is 9.53 Å². The first-order valence-electron chi connectivity index (χ1n) is 15.4. The van der Waals surface area contributed by atoms with Gasteiger partial charge in [-0.2, -0.15) is 0 Å². The van der Waals surface area contributed by atoms with Crippen molar-refractivity contribution in [3.05, 3.63) is 12.2 Å². The Balaban J connectivity index is -0.000000264. The number of aliphatic hydroxyl groups is 6. The van der Waals surface area contributed by atoms with Gasteiger partial charge in [0.05, 0.1) is 38.1 Å². The standard InChI is InChI=1S/C18H34O2.C6H14O3.C4H10O2.C3H8O2/c1-2-3-4-5-6-7-8-9-10-11-12-13-14-15-16-17-18(19)20;1-5(8)4-9-6(2)3-7;5-3-1-2-4-6;1-3(5)2-4/h9-10H,2-8,11-17H2,1H3,(H,19,20);5-8H,3-4H2,1-2H3;5-6H,1-4H2;3-5H,2H2,1H3/b10-9-;;;. The lowest BCUT2D eigenvalue weighted by Crippen LogP contribution is -2.19. The minimum Gasteiger partial charge on any atom is -0.481 e. The number of aliphatic hydroxyl groups excluding tert-OH is 6. The topological polar surface area (TPSA) is 168 Å². The molecule has 0 bridgehead atoms. The van der Waals surface area contributed by atoms with E-state index in [0.717, 1.165) is 25.7 Å². The zero-order valence-corrected chi connectivity index (χ0v) is 26.2. The van der Waals surface area contributed by atoms with Crippen molar-refractivity contribution in [1.29, 1.82) is 0 Å². The number of ether oxygens (including phenoxy) is 1. The van der Waals surface area contributed by atoms with Crippen molar-refractivity contribution in [1.82, 2.24) is 0 Å². The van der Waals surface area contributed by atoms with Crippen molar-refractivity contribution >= 4 is 5.97 Å². The third kappa shape index (κ3) is 61.1. The second-order valence-electron chi connectivity index (χ2n) is 10.1. The van der Waals surface area contributed by atoms with Gasteiger partial charge in [-0.05, 0) is 65.7 Å². The fourth-order valence-corrected chi connectivity index (χ4v) is 2.93. The van der Waals surface area contributed by atoms with Gasteiger partial charge in [0.2, 0.25) is 0 Å². The SMILES string of the molecule is CC(O)CO.CC(O)COC(C)CO.CCCCCCCC/C=C\CCCCCCCC(=O)O.OCCCCO. The smallest absolute Gasteiger partial charge is 0.303 e. The molecule has 40 heavy (non-hydrogen) atoms. The van der Waals surface area contributed by atoms with E-state index in [2.05, 4.69) is 19.1 Å². The average molecular weight is 583 g/mol. The molecule has 0 spiro atoms. The van der Waals surface area contributed by atoms with E-state index >= 15 is 0 Å². The zero-order chi connectivity index (χ0) is 31.3. The Labute approximate surface area is 245 Å². The van der Waals surface area contributed by atoms with Crippen LogP contribution in [0.1, 0.15) is 130 Å². The van der Waals surface area contributed by atoms with Gasteiger partial charge < -0.3 is 40.5 Å². The monoisotopic (exact) mass is 582 g/mol. The molecule has 0 aliphatic carbocycles. The first-order chi connectivity index (χ1) is 19.1. The van der Waals surface area contributed by atoms with E-state index in [0.29, 0.717) is 13.0 Å². The summed E-state index contributed by atoms with van der Waals surface area (Å²) in [6, 6.07) is 0. The summed E-state index contributed by atoms with van der Waals surface area (Å²) in [6.45, 7) is 7.73. The average Bonchev–Trinajstić information content (AvgIpc) is 2.93. The number of unbranched alkanes of at least 4 members (excludes halogenated alkanes) is 12. The Morgan fingerprint density at radius 3 is 1.43 bits per heavy atom. The molecule has 0 aliphatic heterocycles. The Bertz CT molecular complexity index is 468. The molecule has 0 aromatic heterocycles. The molecule has 3 unspecified atom stereocenters. The van der Waals surface area contributed by atoms with E-state index in [1.54, 1.807) is 13.8 Å².